The molecule has 6 heteroatoms. The van der Waals surface area contributed by atoms with Crippen molar-refractivity contribution in [3.8, 4) is 0 Å². The van der Waals surface area contributed by atoms with Gasteiger partial charge in [0.1, 0.15) is 0 Å². The van der Waals surface area contributed by atoms with Gasteiger partial charge in [-0.05, 0) is 84.3 Å². The molecule has 2 aliphatic rings. The van der Waals surface area contributed by atoms with E-state index in [2.05, 4.69) is 52.7 Å². The zero-order valence-corrected chi connectivity index (χ0v) is 19.4. The fourth-order valence-electron chi connectivity index (χ4n) is 4.93. The van der Waals surface area contributed by atoms with Gasteiger partial charge in [0.2, 0.25) is 0 Å². The number of piperidine rings is 1. The monoisotopic (exact) mass is 524 g/mol. The van der Waals surface area contributed by atoms with Crippen LogP contribution in [0.3, 0.4) is 0 Å². The van der Waals surface area contributed by atoms with Crippen molar-refractivity contribution >= 4 is 45.8 Å². The van der Waals surface area contributed by atoms with E-state index in [1.54, 1.807) is 0 Å². The minimum Gasteiger partial charge on any atom is -0.465 e. The smallest absolute Gasteiger partial charge is 0.311 e. The van der Waals surface area contributed by atoms with Crippen molar-refractivity contribution in [3.05, 3.63) is 62.2 Å². The first kappa shape index (κ1) is 20.9. The van der Waals surface area contributed by atoms with Crippen LogP contribution in [0, 0.1) is 9.49 Å². The van der Waals surface area contributed by atoms with Crippen molar-refractivity contribution in [2.75, 3.05) is 19.4 Å². The predicted octanol–water partition coefficient (Wildman–Crippen LogP) is 4.88. The van der Waals surface area contributed by atoms with Crippen molar-refractivity contribution < 1.29 is 9.53 Å². The Morgan fingerprint density at radius 2 is 2.00 bits per heavy atom. The molecule has 2 aliphatic heterocycles. The third-order valence-corrected chi connectivity index (χ3v) is 7.73. The van der Waals surface area contributed by atoms with Gasteiger partial charge >= 0.3 is 5.97 Å². The molecule has 2 fully saturated rings. The zero-order valence-electron chi connectivity index (χ0n) is 16.5. The highest BCUT2D eigenvalue weighted by molar-refractivity contribution is 14.1. The molecule has 3 unspecified atom stereocenters. The third-order valence-electron chi connectivity index (χ3n) is 6.54. The predicted molar refractivity (Wildman–Crippen MR) is 125 cm³/mol. The molecule has 2 aromatic carbocycles. The number of ether oxygens (including phenoxy) is 1. The number of benzene rings is 2. The largest absolute Gasteiger partial charge is 0.465 e. The van der Waals surface area contributed by atoms with Crippen LogP contribution in [0.15, 0.2) is 42.5 Å². The number of halogens is 2. The molecule has 0 amide bonds. The average molecular weight is 525 g/mol. The highest BCUT2D eigenvalue weighted by Crippen LogP contribution is 2.46. The van der Waals surface area contributed by atoms with E-state index < -0.39 is 0 Å². The second-order valence-corrected chi connectivity index (χ2v) is 9.76. The minimum absolute atomic E-state index is 0.0766. The van der Waals surface area contributed by atoms with E-state index in [9.17, 15) is 4.79 Å². The number of carbonyl (C=O) groups excluding carboxylic acids is 1. The van der Waals surface area contributed by atoms with Gasteiger partial charge in [-0.2, -0.15) is 0 Å². The van der Waals surface area contributed by atoms with Crippen LogP contribution in [-0.2, 0) is 16.0 Å². The second kappa shape index (κ2) is 8.82. The number of fused-ring (bicyclic) bond motifs is 2. The maximum Gasteiger partial charge on any atom is 0.311 e. The highest BCUT2D eigenvalue weighted by Gasteiger charge is 2.49. The van der Waals surface area contributed by atoms with E-state index in [-0.39, 0.29) is 23.8 Å². The molecule has 0 aromatic heterocycles. The van der Waals surface area contributed by atoms with Crippen molar-refractivity contribution in [2.45, 2.75) is 43.7 Å². The van der Waals surface area contributed by atoms with Crippen LogP contribution < -0.4 is 5.73 Å². The van der Waals surface area contributed by atoms with Crippen LogP contribution in [0.25, 0.3) is 0 Å². The standard InChI is InChI=1S/C23H26ClIN2O2/c1-27-17-7-9-21(27)22(18(13-17)15-3-5-16(24)6-4-15)23(28)29-11-10-14-2-8-20(26)19(25)12-14/h2-6,8,12,17-18,21-22H,7,9-11,13,26H2,1H3/t17-,18?,21?,22?/m1/s1. The van der Waals surface area contributed by atoms with Gasteiger partial charge in [0.25, 0.3) is 0 Å². The molecule has 4 nitrogen and oxygen atoms in total. The van der Waals surface area contributed by atoms with E-state index in [4.69, 9.17) is 22.1 Å². The Morgan fingerprint density at radius 3 is 2.72 bits per heavy atom. The molecule has 4 atom stereocenters. The quantitative estimate of drug-likeness (QED) is 0.344. The van der Waals surface area contributed by atoms with E-state index in [0.717, 1.165) is 39.1 Å². The molecule has 2 saturated heterocycles. The summed E-state index contributed by atoms with van der Waals surface area (Å²) in [5.74, 6) is -0.0234. The van der Waals surface area contributed by atoms with Gasteiger partial charge < -0.3 is 10.5 Å². The fourth-order valence-corrected chi connectivity index (χ4v) is 5.64. The summed E-state index contributed by atoms with van der Waals surface area (Å²) in [6, 6.07) is 14.7. The summed E-state index contributed by atoms with van der Waals surface area (Å²) in [7, 11) is 2.15. The number of anilines is 1. The summed E-state index contributed by atoms with van der Waals surface area (Å²) >= 11 is 8.31. The Labute approximate surface area is 190 Å². The number of nitrogen functional groups attached to an aromatic ring is 1. The summed E-state index contributed by atoms with van der Waals surface area (Å²) in [6.07, 6.45) is 3.90. The summed E-state index contributed by atoms with van der Waals surface area (Å²) in [5, 5.41) is 0.724. The SMILES string of the molecule is CN1C2CC[C@@H]1CC(c1ccc(Cl)cc1)C2C(=O)OCCc1ccc(N)c(I)c1. The maximum atomic E-state index is 13.2. The highest BCUT2D eigenvalue weighted by atomic mass is 127. The van der Waals surface area contributed by atoms with Gasteiger partial charge in [0, 0.05) is 38.7 Å². The third kappa shape index (κ3) is 4.42. The van der Waals surface area contributed by atoms with Crippen LogP contribution in [-0.4, -0.2) is 36.6 Å². The second-order valence-electron chi connectivity index (χ2n) is 8.16. The summed E-state index contributed by atoms with van der Waals surface area (Å²) in [5.41, 5.74) is 8.98. The molecule has 2 aromatic rings. The van der Waals surface area contributed by atoms with Crippen LogP contribution >= 0.6 is 34.2 Å². The number of esters is 1. The average Bonchev–Trinajstić information content (AvgIpc) is 2.93. The van der Waals surface area contributed by atoms with Gasteiger partial charge in [0.15, 0.2) is 0 Å². The molecule has 2 N–H and O–H groups in total. The molecule has 2 heterocycles. The molecule has 29 heavy (non-hydrogen) atoms. The number of rotatable bonds is 5. The van der Waals surface area contributed by atoms with E-state index >= 15 is 0 Å². The maximum absolute atomic E-state index is 13.2. The molecular weight excluding hydrogens is 499 g/mol. The van der Waals surface area contributed by atoms with Crippen LogP contribution in [0.1, 0.15) is 36.3 Å². The molecule has 0 aliphatic carbocycles. The lowest BCUT2D eigenvalue weighted by Gasteiger charge is -2.42. The Morgan fingerprint density at radius 1 is 1.24 bits per heavy atom. The lowest BCUT2D eigenvalue weighted by Crippen LogP contribution is -2.49. The first-order valence-corrected chi connectivity index (χ1v) is 11.6. The topological polar surface area (TPSA) is 55.6 Å². The normalized spacial score (nSPS) is 26.4. The van der Waals surface area contributed by atoms with E-state index in [1.807, 2.05) is 24.3 Å². The Balaban J connectivity index is 1.47. The Hall–Kier alpha value is -1.31. The van der Waals surface area contributed by atoms with Gasteiger partial charge in [-0.15, -0.1) is 0 Å². The summed E-state index contributed by atoms with van der Waals surface area (Å²) in [6.45, 7) is 0.391. The van der Waals surface area contributed by atoms with Gasteiger partial charge in [0.05, 0.1) is 12.5 Å². The molecule has 154 valence electrons. The first-order chi connectivity index (χ1) is 13.9. The van der Waals surface area contributed by atoms with Crippen LogP contribution in [0.5, 0.6) is 0 Å². The summed E-state index contributed by atoms with van der Waals surface area (Å²) in [4.78, 5) is 15.6. The lowest BCUT2D eigenvalue weighted by molar-refractivity contribution is -0.153. The molecule has 0 spiro atoms. The molecule has 0 radical (unpaired) electrons. The van der Waals surface area contributed by atoms with E-state index in [0.29, 0.717) is 19.1 Å². The van der Waals surface area contributed by atoms with Gasteiger partial charge in [-0.3, -0.25) is 9.69 Å². The van der Waals surface area contributed by atoms with Crippen molar-refractivity contribution in [1.82, 2.24) is 4.90 Å². The zero-order chi connectivity index (χ0) is 20.5. The van der Waals surface area contributed by atoms with Crippen molar-refractivity contribution in [1.29, 1.82) is 0 Å². The lowest BCUT2D eigenvalue weighted by atomic mass is 9.76. The number of carbonyl (C=O) groups is 1. The Kier molecular flexibility index (Phi) is 6.37. The van der Waals surface area contributed by atoms with E-state index in [1.165, 1.54) is 5.56 Å². The number of nitrogens with two attached hydrogens (primary N) is 1. The molecular formula is C23H26ClIN2O2. The minimum atomic E-state index is -0.133. The molecule has 2 bridgehead atoms. The molecule has 4 rings (SSSR count). The molecule has 0 saturated carbocycles. The van der Waals surface area contributed by atoms with Crippen LogP contribution in [0.4, 0.5) is 5.69 Å². The first-order valence-electron chi connectivity index (χ1n) is 10.1. The summed E-state index contributed by atoms with van der Waals surface area (Å²) < 4.78 is 6.83. The Bertz CT molecular complexity index is 889. The fraction of sp³-hybridized carbons (Fsp3) is 0.435. The van der Waals surface area contributed by atoms with Crippen molar-refractivity contribution in [3.63, 3.8) is 0 Å². The number of hydrogen-bond acceptors (Lipinski definition) is 4. The number of hydrogen-bond donors (Lipinski definition) is 1. The van der Waals surface area contributed by atoms with Crippen molar-refractivity contribution in [2.24, 2.45) is 5.92 Å². The van der Waals surface area contributed by atoms with Crippen LogP contribution in [0.2, 0.25) is 5.02 Å². The van der Waals surface area contributed by atoms with Gasteiger partial charge in [-0.1, -0.05) is 29.8 Å². The number of nitrogens with zero attached hydrogens (tertiary/aromatic N) is 1. The van der Waals surface area contributed by atoms with Gasteiger partial charge in [-0.25, -0.2) is 0 Å².